The van der Waals surface area contributed by atoms with Gasteiger partial charge in [-0.05, 0) is 54.5 Å². The summed E-state index contributed by atoms with van der Waals surface area (Å²) in [5, 5.41) is 13.3. The fourth-order valence-corrected chi connectivity index (χ4v) is 3.49. The molecule has 0 unspecified atom stereocenters. The van der Waals surface area contributed by atoms with Crippen molar-refractivity contribution < 1.29 is 23.7 Å². The third-order valence-electron chi connectivity index (χ3n) is 5.05. The van der Waals surface area contributed by atoms with E-state index in [9.17, 15) is 24.5 Å². The maximum Gasteiger partial charge on any atom is 0.335 e. The van der Waals surface area contributed by atoms with Crippen LogP contribution in [0, 0.1) is 10.1 Å². The van der Waals surface area contributed by atoms with E-state index in [0.717, 1.165) is 16.9 Å². The normalized spacial score (nSPS) is 15.2. The lowest BCUT2D eigenvalue weighted by atomic mass is 10.1. The molecule has 9 nitrogen and oxygen atoms in total. The van der Waals surface area contributed by atoms with Crippen LogP contribution in [-0.2, 0) is 16.0 Å². The average Bonchev–Trinajstić information content (AvgIpc) is 3.26. The molecule has 1 aromatic heterocycles. The van der Waals surface area contributed by atoms with Crippen LogP contribution < -0.4 is 10.2 Å². The number of nitrogens with one attached hydrogen (secondary N) is 1. The lowest BCUT2D eigenvalue weighted by Gasteiger charge is -2.26. The van der Waals surface area contributed by atoms with Crippen molar-refractivity contribution in [3.8, 4) is 11.3 Å². The molecular formula is C23H16ClN3O6. The number of nitro benzene ring substituents is 1. The number of furan rings is 1. The zero-order valence-electron chi connectivity index (χ0n) is 17.2. The van der Waals surface area contributed by atoms with E-state index in [2.05, 4.69) is 5.32 Å². The standard InChI is InChI=1S/C23H16ClN3O6/c1-2-13-3-6-15(7-4-13)26-22(29)17(21(28)25-23(26)30)12-16-8-10-20(33-16)14-5-9-18(24)19(11-14)27(31)32/h3-12H,2H2,1H3,(H,25,28,30)/b17-12+. The van der Waals surface area contributed by atoms with Crippen LogP contribution in [0.15, 0.2) is 64.6 Å². The van der Waals surface area contributed by atoms with E-state index >= 15 is 0 Å². The van der Waals surface area contributed by atoms with Crippen molar-refractivity contribution in [3.63, 3.8) is 0 Å². The number of anilines is 1. The first-order valence-corrected chi connectivity index (χ1v) is 10.2. The molecule has 33 heavy (non-hydrogen) atoms. The van der Waals surface area contributed by atoms with E-state index in [-0.39, 0.29) is 27.8 Å². The summed E-state index contributed by atoms with van der Waals surface area (Å²) in [5.74, 6) is -1.23. The molecule has 1 saturated heterocycles. The SMILES string of the molecule is CCc1ccc(N2C(=O)NC(=O)/C(=C\c3ccc(-c4ccc(Cl)c([N+](=O)[O-])c4)o3)C2=O)cc1. The van der Waals surface area contributed by atoms with Gasteiger partial charge in [-0.2, -0.15) is 0 Å². The van der Waals surface area contributed by atoms with Crippen molar-refractivity contribution in [3.05, 3.63) is 86.6 Å². The van der Waals surface area contributed by atoms with Crippen molar-refractivity contribution in [2.45, 2.75) is 13.3 Å². The lowest BCUT2D eigenvalue weighted by molar-refractivity contribution is -0.384. The van der Waals surface area contributed by atoms with Crippen molar-refractivity contribution in [1.82, 2.24) is 5.32 Å². The highest BCUT2D eigenvalue weighted by molar-refractivity contribution is 6.39. The van der Waals surface area contributed by atoms with Gasteiger partial charge < -0.3 is 4.42 Å². The topological polar surface area (TPSA) is 123 Å². The Hall–Kier alpha value is -4.24. The second kappa shape index (κ2) is 8.71. The molecule has 1 fully saturated rings. The molecule has 0 bridgehead atoms. The summed E-state index contributed by atoms with van der Waals surface area (Å²) in [7, 11) is 0. The van der Waals surface area contributed by atoms with Gasteiger partial charge in [0.2, 0.25) is 0 Å². The van der Waals surface area contributed by atoms with Crippen molar-refractivity contribution in [2.75, 3.05) is 4.90 Å². The summed E-state index contributed by atoms with van der Waals surface area (Å²) in [4.78, 5) is 49.1. The van der Waals surface area contributed by atoms with E-state index in [1.54, 1.807) is 30.3 Å². The smallest absolute Gasteiger partial charge is 0.335 e. The summed E-state index contributed by atoms with van der Waals surface area (Å²) in [5.41, 5.74) is 1.17. The van der Waals surface area contributed by atoms with E-state index in [0.29, 0.717) is 11.3 Å². The number of nitrogens with zero attached hydrogens (tertiary/aromatic N) is 2. The number of hydrogen-bond donors (Lipinski definition) is 1. The number of urea groups is 1. The van der Waals surface area contributed by atoms with E-state index in [1.165, 1.54) is 30.3 Å². The van der Waals surface area contributed by atoms with Crippen LogP contribution in [-0.4, -0.2) is 22.8 Å². The first-order chi connectivity index (χ1) is 15.8. The number of imide groups is 2. The van der Waals surface area contributed by atoms with E-state index < -0.39 is 22.8 Å². The molecule has 0 spiro atoms. The largest absolute Gasteiger partial charge is 0.457 e. The Balaban J connectivity index is 1.66. The minimum Gasteiger partial charge on any atom is -0.457 e. The highest BCUT2D eigenvalue weighted by Gasteiger charge is 2.37. The van der Waals surface area contributed by atoms with Crippen LogP contribution in [0.2, 0.25) is 5.02 Å². The number of barbiturate groups is 1. The quantitative estimate of drug-likeness (QED) is 0.251. The van der Waals surface area contributed by atoms with Gasteiger partial charge in [-0.1, -0.05) is 30.7 Å². The van der Waals surface area contributed by atoms with Crippen LogP contribution in [0.25, 0.3) is 17.4 Å². The number of aryl methyl sites for hydroxylation is 1. The second-order valence-corrected chi connectivity index (χ2v) is 7.51. The maximum absolute atomic E-state index is 13.0. The van der Waals surface area contributed by atoms with Crippen LogP contribution in [0.5, 0.6) is 0 Å². The highest BCUT2D eigenvalue weighted by Crippen LogP contribution is 2.32. The number of benzene rings is 2. The van der Waals surface area contributed by atoms with Gasteiger partial charge in [0.15, 0.2) is 0 Å². The minimum atomic E-state index is -0.855. The van der Waals surface area contributed by atoms with Gasteiger partial charge in [-0.15, -0.1) is 0 Å². The highest BCUT2D eigenvalue weighted by atomic mass is 35.5. The predicted octanol–water partition coefficient (Wildman–Crippen LogP) is 4.74. The number of carbonyl (C=O) groups excluding carboxylic acids is 3. The Morgan fingerprint density at radius 2 is 1.82 bits per heavy atom. The molecule has 1 N–H and O–H groups in total. The fourth-order valence-electron chi connectivity index (χ4n) is 3.31. The lowest BCUT2D eigenvalue weighted by Crippen LogP contribution is -2.54. The molecule has 3 aromatic rings. The maximum atomic E-state index is 13.0. The summed E-state index contributed by atoms with van der Waals surface area (Å²) < 4.78 is 5.66. The summed E-state index contributed by atoms with van der Waals surface area (Å²) in [6.45, 7) is 1.98. The zero-order chi connectivity index (χ0) is 23.7. The molecule has 1 aliphatic rings. The van der Waals surface area contributed by atoms with Gasteiger partial charge in [-0.3, -0.25) is 25.0 Å². The van der Waals surface area contributed by atoms with Crippen molar-refractivity contribution in [2.24, 2.45) is 0 Å². The van der Waals surface area contributed by atoms with Crippen LogP contribution in [0.4, 0.5) is 16.2 Å². The van der Waals surface area contributed by atoms with Crippen LogP contribution in [0.1, 0.15) is 18.2 Å². The fraction of sp³-hybridized carbons (Fsp3) is 0.0870. The van der Waals surface area contributed by atoms with E-state index in [4.69, 9.17) is 16.0 Å². The van der Waals surface area contributed by atoms with E-state index in [1.807, 2.05) is 6.92 Å². The molecule has 166 valence electrons. The molecule has 0 atom stereocenters. The molecular weight excluding hydrogens is 450 g/mol. The van der Waals surface area contributed by atoms with Gasteiger partial charge in [0, 0.05) is 11.6 Å². The zero-order valence-corrected chi connectivity index (χ0v) is 18.0. The number of carbonyl (C=O) groups is 3. The molecule has 2 heterocycles. The predicted molar refractivity (Wildman–Crippen MR) is 121 cm³/mol. The Morgan fingerprint density at radius 3 is 2.48 bits per heavy atom. The number of nitro groups is 1. The monoisotopic (exact) mass is 465 g/mol. The van der Waals surface area contributed by atoms with Gasteiger partial charge in [-0.25, -0.2) is 9.69 Å². The summed E-state index contributed by atoms with van der Waals surface area (Å²) in [6.07, 6.45) is 2.01. The molecule has 0 saturated carbocycles. The number of rotatable bonds is 5. The Labute approximate surface area is 192 Å². The number of amides is 4. The molecule has 0 aliphatic carbocycles. The summed E-state index contributed by atoms with van der Waals surface area (Å²) in [6, 6.07) is 13.2. The third-order valence-corrected chi connectivity index (χ3v) is 5.36. The van der Waals surface area contributed by atoms with Gasteiger partial charge >= 0.3 is 6.03 Å². The average molecular weight is 466 g/mol. The Kier molecular flexibility index (Phi) is 5.80. The first kappa shape index (κ1) is 22.0. The van der Waals surface area contributed by atoms with Gasteiger partial charge in [0.05, 0.1) is 10.6 Å². The van der Waals surface area contributed by atoms with Gasteiger partial charge in [0.25, 0.3) is 17.5 Å². The molecule has 1 aliphatic heterocycles. The van der Waals surface area contributed by atoms with Gasteiger partial charge in [0.1, 0.15) is 22.1 Å². The number of hydrogen-bond acceptors (Lipinski definition) is 6. The third kappa shape index (κ3) is 4.26. The molecule has 2 aromatic carbocycles. The number of halogens is 1. The second-order valence-electron chi connectivity index (χ2n) is 7.10. The Morgan fingerprint density at radius 1 is 1.09 bits per heavy atom. The first-order valence-electron chi connectivity index (χ1n) is 9.83. The molecule has 4 amide bonds. The van der Waals surface area contributed by atoms with Crippen molar-refractivity contribution in [1.29, 1.82) is 0 Å². The van der Waals surface area contributed by atoms with Crippen molar-refractivity contribution >= 4 is 46.9 Å². The van der Waals surface area contributed by atoms with Crippen LogP contribution >= 0.6 is 11.6 Å². The minimum absolute atomic E-state index is 0.0150. The molecule has 4 rings (SSSR count). The Bertz CT molecular complexity index is 1330. The summed E-state index contributed by atoms with van der Waals surface area (Å²) >= 11 is 5.84. The molecule has 10 heteroatoms. The molecule has 0 radical (unpaired) electrons. The van der Waals surface area contributed by atoms with Crippen LogP contribution in [0.3, 0.4) is 0 Å².